The fourth-order valence-corrected chi connectivity index (χ4v) is 9.13. The Morgan fingerprint density at radius 1 is 0.923 bits per heavy atom. The van der Waals surface area contributed by atoms with E-state index in [9.17, 15) is 19.8 Å². The maximum absolute atomic E-state index is 14.2. The summed E-state index contributed by atoms with van der Waals surface area (Å²) in [5.74, 6) is -0.0395. The summed E-state index contributed by atoms with van der Waals surface area (Å²) in [7, 11) is 3.57. The van der Waals surface area contributed by atoms with Gasteiger partial charge in [-0.15, -0.1) is 0 Å². The molecule has 52 heavy (non-hydrogen) atoms. The summed E-state index contributed by atoms with van der Waals surface area (Å²) in [5.41, 5.74) is 8.34. The van der Waals surface area contributed by atoms with E-state index in [-0.39, 0.29) is 17.9 Å². The van der Waals surface area contributed by atoms with Gasteiger partial charge in [-0.3, -0.25) is 19.4 Å². The van der Waals surface area contributed by atoms with Gasteiger partial charge in [0.1, 0.15) is 0 Å². The number of pyridine rings is 1. The highest BCUT2D eigenvalue weighted by Gasteiger charge is 2.35. The number of rotatable bonds is 8. The van der Waals surface area contributed by atoms with Crippen molar-refractivity contribution in [1.82, 2.24) is 24.3 Å². The number of aliphatic carboxylic acids is 1. The standard InChI is InChI=1S/C40H45ClN6O5/c1-44-35-17-19-46(26-12-9-24(10-13-26)40(50)51)23-33(35)42-37(44)39(49)47-20-16-29-28(5-4-8-34(29)47)30-6-3-7-31(36(30)41)32-14-11-25(38(43-32)52-2)21-45-18-15-27(48)22-45/h3-8,11,14,24,26-27,48H,9-10,12-13,15-23H2,1-2H3,(H,50,51). The molecule has 2 aromatic carbocycles. The van der Waals surface area contributed by atoms with Gasteiger partial charge in [-0.1, -0.05) is 48.0 Å². The van der Waals surface area contributed by atoms with Gasteiger partial charge in [-0.25, -0.2) is 9.97 Å². The normalized spacial score (nSPS) is 22.0. The van der Waals surface area contributed by atoms with Crippen LogP contribution in [0.4, 0.5) is 5.69 Å². The van der Waals surface area contributed by atoms with Gasteiger partial charge < -0.3 is 24.4 Å². The van der Waals surface area contributed by atoms with Gasteiger partial charge in [0.05, 0.1) is 35.5 Å². The first-order chi connectivity index (χ1) is 25.2. The molecule has 1 unspecified atom stereocenters. The van der Waals surface area contributed by atoms with Crippen LogP contribution in [0.2, 0.25) is 5.02 Å². The largest absolute Gasteiger partial charge is 0.481 e. The molecule has 2 aromatic heterocycles. The number of carboxylic acid groups (broad SMARTS) is 1. The van der Waals surface area contributed by atoms with Crippen molar-refractivity contribution in [2.24, 2.45) is 13.0 Å². The number of nitrogens with zero attached hydrogens (tertiary/aromatic N) is 6. The number of imidazole rings is 1. The van der Waals surface area contributed by atoms with Crippen LogP contribution < -0.4 is 9.64 Å². The van der Waals surface area contributed by atoms with E-state index >= 15 is 0 Å². The van der Waals surface area contributed by atoms with E-state index in [1.165, 1.54) is 0 Å². The van der Waals surface area contributed by atoms with Gasteiger partial charge in [-0.05, 0) is 61.8 Å². The third kappa shape index (κ3) is 6.38. The number of hydrogen-bond acceptors (Lipinski definition) is 8. The Kier molecular flexibility index (Phi) is 9.54. The number of amides is 1. The van der Waals surface area contributed by atoms with Crippen LogP contribution in [0.5, 0.6) is 5.88 Å². The van der Waals surface area contributed by atoms with Gasteiger partial charge in [0.15, 0.2) is 5.82 Å². The maximum atomic E-state index is 14.2. The van der Waals surface area contributed by atoms with E-state index in [1.807, 2.05) is 59.0 Å². The topological polar surface area (TPSA) is 124 Å². The molecule has 11 nitrogen and oxygen atoms in total. The average Bonchev–Trinajstić information content (AvgIpc) is 3.88. The predicted molar refractivity (Wildman–Crippen MR) is 199 cm³/mol. The molecule has 4 aromatic rings. The highest BCUT2D eigenvalue weighted by Crippen LogP contribution is 2.43. The number of carbonyl (C=O) groups is 2. The van der Waals surface area contributed by atoms with Crippen LogP contribution in [-0.4, -0.2) is 91.9 Å². The molecule has 12 heteroatoms. The molecule has 1 saturated heterocycles. The SMILES string of the molecule is COc1nc(-c2cccc(-c3cccc4c3CCN4C(=O)c3nc4c(n3C)CCN(C3CCC(C(=O)O)CC3)C4)c2Cl)ccc1CN1CCC(O)C1. The second-order valence-corrected chi connectivity index (χ2v) is 15.0. The predicted octanol–water partition coefficient (Wildman–Crippen LogP) is 5.58. The number of benzene rings is 2. The average molecular weight is 725 g/mol. The molecular formula is C40H45ClN6O5. The number of β-amino-alcohol motifs (C(OH)–C–C–N with tert-alkyl or cyclic N) is 1. The number of fused-ring (bicyclic) bond motifs is 2. The van der Waals surface area contributed by atoms with Crippen molar-refractivity contribution >= 4 is 29.2 Å². The summed E-state index contributed by atoms with van der Waals surface area (Å²) in [5, 5.41) is 20.0. The number of hydrogen-bond donors (Lipinski definition) is 2. The first-order valence-electron chi connectivity index (χ1n) is 18.4. The summed E-state index contributed by atoms with van der Waals surface area (Å²) >= 11 is 7.19. The lowest BCUT2D eigenvalue weighted by Crippen LogP contribution is -2.42. The van der Waals surface area contributed by atoms with E-state index in [0.717, 1.165) is 83.7 Å². The van der Waals surface area contributed by atoms with Crippen LogP contribution in [0.3, 0.4) is 0 Å². The van der Waals surface area contributed by atoms with Crippen LogP contribution in [0, 0.1) is 5.92 Å². The Morgan fingerprint density at radius 2 is 1.69 bits per heavy atom. The van der Waals surface area contributed by atoms with E-state index in [0.29, 0.717) is 73.9 Å². The number of carboxylic acids is 1. The minimum atomic E-state index is -0.685. The van der Waals surface area contributed by atoms with E-state index in [4.69, 9.17) is 26.3 Å². The molecule has 2 N–H and O–H groups in total. The summed E-state index contributed by atoms with van der Waals surface area (Å²) in [6.07, 6.45) is 5.18. The molecule has 1 saturated carbocycles. The second kappa shape index (κ2) is 14.3. The lowest BCUT2D eigenvalue weighted by Gasteiger charge is -2.37. The Labute approximate surface area is 308 Å². The fourth-order valence-electron chi connectivity index (χ4n) is 8.81. The van der Waals surface area contributed by atoms with Crippen molar-refractivity contribution in [1.29, 1.82) is 0 Å². The van der Waals surface area contributed by atoms with E-state index in [1.54, 1.807) is 7.11 Å². The molecule has 1 atom stereocenters. The highest BCUT2D eigenvalue weighted by atomic mass is 35.5. The maximum Gasteiger partial charge on any atom is 0.306 e. The third-order valence-corrected chi connectivity index (χ3v) is 12.1. The lowest BCUT2D eigenvalue weighted by atomic mass is 9.85. The van der Waals surface area contributed by atoms with Crippen molar-refractivity contribution in [3.8, 4) is 28.3 Å². The zero-order valence-corrected chi connectivity index (χ0v) is 30.5. The molecular weight excluding hydrogens is 680 g/mol. The number of carbonyl (C=O) groups excluding carboxylic acids is 1. The van der Waals surface area contributed by atoms with Gasteiger partial charge in [0.25, 0.3) is 5.91 Å². The zero-order chi connectivity index (χ0) is 36.1. The molecule has 5 heterocycles. The fraction of sp³-hybridized carbons (Fsp3) is 0.450. The van der Waals surface area contributed by atoms with Crippen molar-refractivity contribution in [3.05, 3.63) is 81.9 Å². The molecule has 8 rings (SSSR count). The van der Waals surface area contributed by atoms with E-state index < -0.39 is 5.97 Å². The Morgan fingerprint density at radius 3 is 2.44 bits per heavy atom. The minimum Gasteiger partial charge on any atom is -0.481 e. The number of likely N-dealkylation sites (tertiary alicyclic amines) is 1. The van der Waals surface area contributed by atoms with Crippen molar-refractivity contribution < 1.29 is 24.5 Å². The molecule has 0 spiro atoms. The van der Waals surface area contributed by atoms with Crippen molar-refractivity contribution in [2.45, 2.75) is 70.2 Å². The van der Waals surface area contributed by atoms with Crippen LogP contribution >= 0.6 is 11.6 Å². The molecule has 1 aliphatic carbocycles. The molecule has 1 amide bonds. The van der Waals surface area contributed by atoms with Crippen LogP contribution in [0.15, 0.2) is 48.5 Å². The lowest BCUT2D eigenvalue weighted by molar-refractivity contribution is -0.143. The molecule has 3 aliphatic heterocycles. The number of aliphatic hydroxyl groups is 1. The monoisotopic (exact) mass is 724 g/mol. The molecule has 0 radical (unpaired) electrons. The van der Waals surface area contributed by atoms with E-state index in [2.05, 4.69) is 15.9 Å². The van der Waals surface area contributed by atoms with Gasteiger partial charge >= 0.3 is 5.97 Å². The number of anilines is 1. The first-order valence-corrected chi connectivity index (χ1v) is 18.8. The number of aliphatic hydroxyl groups excluding tert-OH is 1. The van der Waals surface area contributed by atoms with Gasteiger partial charge in [-0.2, -0.15) is 0 Å². The Bertz CT molecular complexity index is 2020. The molecule has 4 aliphatic rings. The minimum absolute atomic E-state index is 0.110. The number of halogens is 1. The van der Waals surface area contributed by atoms with Crippen molar-refractivity contribution in [3.63, 3.8) is 0 Å². The van der Waals surface area contributed by atoms with Crippen molar-refractivity contribution in [2.75, 3.05) is 38.2 Å². The summed E-state index contributed by atoms with van der Waals surface area (Å²) in [4.78, 5) is 41.9. The third-order valence-electron chi connectivity index (χ3n) is 11.7. The first kappa shape index (κ1) is 34.8. The summed E-state index contributed by atoms with van der Waals surface area (Å²) < 4.78 is 7.67. The van der Waals surface area contributed by atoms with Crippen LogP contribution in [0.1, 0.15) is 65.2 Å². The van der Waals surface area contributed by atoms with Gasteiger partial charge in [0.2, 0.25) is 5.88 Å². The van der Waals surface area contributed by atoms with Crippen LogP contribution in [0.25, 0.3) is 22.4 Å². The number of aromatic nitrogens is 3. The zero-order valence-electron chi connectivity index (χ0n) is 29.7. The number of methoxy groups -OCH3 is 1. The smallest absolute Gasteiger partial charge is 0.306 e. The molecule has 272 valence electrons. The molecule has 0 bridgehead atoms. The Balaban J connectivity index is 1.02. The summed E-state index contributed by atoms with van der Waals surface area (Å²) in [6.45, 7) is 4.25. The Hall–Kier alpha value is -4.29. The quantitative estimate of drug-likeness (QED) is 0.240. The molecule has 2 fully saturated rings. The second-order valence-electron chi connectivity index (χ2n) is 14.7. The highest BCUT2D eigenvalue weighted by molar-refractivity contribution is 6.36. The number of ether oxygens (including phenoxy) is 1. The summed E-state index contributed by atoms with van der Waals surface area (Å²) in [6, 6.07) is 16.4. The van der Waals surface area contributed by atoms with Crippen LogP contribution in [-0.2, 0) is 37.8 Å². The van der Waals surface area contributed by atoms with Gasteiger partial charge in [0, 0.05) is 86.9 Å².